The summed E-state index contributed by atoms with van der Waals surface area (Å²) in [6.07, 6.45) is -5.77. The molecular formula is C19H18ClF4N3O2. The molecule has 0 bridgehead atoms. The van der Waals surface area contributed by atoms with E-state index in [0.717, 1.165) is 0 Å². The monoisotopic (exact) mass is 431 g/mol. The number of nitrogens with zero attached hydrogens (tertiary/aromatic N) is 2. The van der Waals surface area contributed by atoms with Crippen molar-refractivity contribution in [3.05, 3.63) is 47.3 Å². The molecule has 29 heavy (non-hydrogen) atoms. The molecule has 10 heteroatoms. The number of pyridine rings is 1. The molecule has 5 nitrogen and oxygen atoms in total. The number of halogens is 5. The van der Waals surface area contributed by atoms with Crippen LogP contribution in [0.5, 0.6) is 5.88 Å². The second kappa shape index (κ2) is 8.86. The minimum Gasteiger partial charge on any atom is -0.474 e. The van der Waals surface area contributed by atoms with Gasteiger partial charge in [0.1, 0.15) is 29.8 Å². The molecule has 0 saturated heterocycles. The second-order valence-electron chi connectivity index (χ2n) is 6.56. The highest BCUT2D eigenvalue weighted by molar-refractivity contribution is 6.29. The molecule has 1 aromatic heterocycles. The van der Waals surface area contributed by atoms with Gasteiger partial charge < -0.3 is 15.0 Å². The lowest BCUT2D eigenvalue weighted by Crippen LogP contribution is -2.46. The highest BCUT2D eigenvalue weighted by atomic mass is 35.5. The maximum atomic E-state index is 13.7. The van der Waals surface area contributed by atoms with E-state index in [0.29, 0.717) is 16.8 Å². The van der Waals surface area contributed by atoms with Gasteiger partial charge in [-0.3, -0.25) is 4.79 Å². The number of rotatable bonds is 6. The number of carbonyl (C=O) groups is 1. The number of carbonyl (C=O) groups excluding carboxylic acids is 1. The van der Waals surface area contributed by atoms with E-state index in [-0.39, 0.29) is 42.6 Å². The summed E-state index contributed by atoms with van der Waals surface area (Å²) < 4.78 is 57.8. The number of hydrogen-bond donors (Lipinski definition) is 1. The van der Waals surface area contributed by atoms with Crippen molar-refractivity contribution in [2.75, 3.05) is 22.7 Å². The summed E-state index contributed by atoms with van der Waals surface area (Å²) in [5, 5.41) is 2.05. The Morgan fingerprint density at radius 3 is 2.66 bits per heavy atom. The van der Waals surface area contributed by atoms with Gasteiger partial charge in [-0.25, -0.2) is 17.6 Å². The summed E-state index contributed by atoms with van der Waals surface area (Å²) in [7, 11) is 0. The Hall–Kier alpha value is -2.55. The molecule has 1 N–H and O–H groups in total. The molecule has 0 radical (unpaired) electrons. The molecular weight excluding hydrogens is 414 g/mol. The zero-order valence-corrected chi connectivity index (χ0v) is 16.1. The zero-order chi connectivity index (χ0) is 21.1. The fourth-order valence-corrected chi connectivity index (χ4v) is 3.16. The van der Waals surface area contributed by atoms with Crippen LogP contribution in [-0.4, -0.2) is 42.1 Å². The maximum Gasteiger partial charge on any atom is 0.287 e. The number of amides is 1. The van der Waals surface area contributed by atoms with E-state index >= 15 is 0 Å². The van der Waals surface area contributed by atoms with Crippen molar-refractivity contribution in [3.8, 4) is 5.88 Å². The average molecular weight is 432 g/mol. The Morgan fingerprint density at radius 2 is 2.03 bits per heavy atom. The minimum atomic E-state index is -3.26. The van der Waals surface area contributed by atoms with Gasteiger partial charge in [-0.05, 0) is 30.7 Å². The van der Waals surface area contributed by atoms with Crippen molar-refractivity contribution in [2.45, 2.75) is 32.1 Å². The summed E-state index contributed by atoms with van der Waals surface area (Å²) in [5.74, 6) is -1.22. The van der Waals surface area contributed by atoms with Gasteiger partial charge in [0.05, 0.1) is 6.04 Å². The van der Waals surface area contributed by atoms with E-state index < -0.39 is 18.5 Å². The van der Waals surface area contributed by atoms with Gasteiger partial charge in [-0.2, -0.15) is 4.98 Å². The summed E-state index contributed by atoms with van der Waals surface area (Å²) in [6, 6.07) is 6.72. The standard InChI is InChI=1S/C19H18ClF4N3O2/c1-10-9-29-19-14(27(10)15(28)8-20)7-12(6-11-2-4-13(21)5-3-11)18(26-19)25-17(24)16(22)23/h2-5,7,10,16-17H,6,8-9H2,1H3,(H,25,26). The Kier molecular flexibility index (Phi) is 6.46. The second-order valence-corrected chi connectivity index (χ2v) is 6.83. The Bertz CT molecular complexity index is 883. The first-order valence-corrected chi connectivity index (χ1v) is 9.31. The van der Waals surface area contributed by atoms with Crippen LogP contribution in [0.15, 0.2) is 30.3 Å². The van der Waals surface area contributed by atoms with Crippen LogP contribution in [0.4, 0.5) is 29.1 Å². The molecule has 3 rings (SSSR count). The predicted molar refractivity (Wildman–Crippen MR) is 101 cm³/mol. The third-order valence-electron chi connectivity index (χ3n) is 4.40. The van der Waals surface area contributed by atoms with Crippen molar-refractivity contribution in [2.24, 2.45) is 0 Å². The number of nitrogens with one attached hydrogen (secondary N) is 1. The van der Waals surface area contributed by atoms with Crippen LogP contribution in [0.3, 0.4) is 0 Å². The van der Waals surface area contributed by atoms with E-state index in [1.165, 1.54) is 35.2 Å². The molecule has 1 aromatic carbocycles. The molecule has 2 unspecified atom stereocenters. The number of hydrogen-bond acceptors (Lipinski definition) is 4. The van der Waals surface area contributed by atoms with Crippen molar-refractivity contribution >= 4 is 29.0 Å². The van der Waals surface area contributed by atoms with Crippen LogP contribution >= 0.6 is 11.6 Å². The van der Waals surface area contributed by atoms with Gasteiger partial charge in [-0.1, -0.05) is 12.1 Å². The fourth-order valence-electron chi connectivity index (χ4n) is 3.04. The lowest BCUT2D eigenvalue weighted by Gasteiger charge is -2.34. The molecule has 2 heterocycles. The molecule has 0 spiro atoms. The predicted octanol–water partition coefficient (Wildman–Crippen LogP) is 4.14. The van der Waals surface area contributed by atoms with Gasteiger partial charge in [0.2, 0.25) is 18.1 Å². The Morgan fingerprint density at radius 1 is 1.34 bits per heavy atom. The zero-order valence-electron chi connectivity index (χ0n) is 15.3. The van der Waals surface area contributed by atoms with Crippen LogP contribution in [-0.2, 0) is 11.2 Å². The van der Waals surface area contributed by atoms with Crippen molar-refractivity contribution < 1.29 is 27.1 Å². The van der Waals surface area contributed by atoms with E-state index in [1.54, 1.807) is 6.92 Å². The van der Waals surface area contributed by atoms with E-state index in [1.807, 2.05) is 5.32 Å². The lowest BCUT2D eigenvalue weighted by atomic mass is 10.0. The first kappa shape index (κ1) is 21.2. The SMILES string of the molecule is CC1COc2nc(NC(F)C(F)F)c(Cc3ccc(F)cc3)cc2N1C(=O)CCl. The lowest BCUT2D eigenvalue weighted by molar-refractivity contribution is -0.117. The first-order valence-electron chi connectivity index (χ1n) is 8.78. The Labute approximate surface area is 169 Å². The van der Waals surface area contributed by atoms with Crippen molar-refractivity contribution in [1.29, 1.82) is 0 Å². The van der Waals surface area contributed by atoms with Crippen molar-refractivity contribution in [1.82, 2.24) is 4.98 Å². The quantitative estimate of drug-likeness (QED) is 0.424. The fraction of sp³-hybridized carbons (Fsp3) is 0.368. The molecule has 2 aromatic rings. The number of benzene rings is 1. The number of alkyl halides is 4. The van der Waals surface area contributed by atoms with E-state index in [4.69, 9.17) is 16.3 Å². The first-order chi connectivity index (χ1) is 13.8. The molecule has 0 saturated carbocycles. The van der Waals surface area contributed by atoms with E-state index in [9.17, 15) is 22.4 Å². The van der Waals surface area contributed by atoms with Gasteiger partial charge >= 0.3 is 0 Å². The summed E-state index contributed by atoms with van der Waals surface area (Å²) in [4.78, 5) is 17.8. The van der Waals surface area contributed by atoms with Crippen molar-refractivity contribution in [3.63, 3.8) is 0 Å². The highest BCUT2D eigenvalue weighted by Crippen LogP contribution is 2.37. The summed E-state index contributed by atoms with van der Waals surface area (Å²) in [5.41, 5.74) is 1.29. The Balaban J connectivity index is 2.05. The van der Waals surface area contributed by atoms with Crippen LogP contribution < -0.4 is 15.0 Å². The third-order valence-corrected chi connectivity index (χ3v) is 4.62. The molecule has 0 aliphatic carbocycles. The largest absolute Gasteiger partial charge is 0.474 e. The molecule has 0 fully saturated rings. The number of ether oxygens (including phenoxy) is 1. The van der Waals surface area contributed by atoms with Gasteiger partial charge in [-0.15, -0.1) is 11.6 Å². The highest BCUT2D eigenvalue weighted by Gasteiger charge is 2.32. The summed E-state index contributed by atoms with van der Waals surface area (Å²) >= 11 is 5.70. The van der Waals surface area contributed by atoms with E-state index in [2.05, 4.69) is 4.98 Å². The van der Waals surface area contributed by atoms with Gasteiger partial charge in [0.15, 0.2) is 0 Å². The molecule has 1 aliphatic rings. The molecule has 2 atom stereocenters. The maximum absolute atomic E-state index is 13.7. The van der Waals surface area contributed by atoms with Gasteiger partial charge in [0, 0.05) is 12.0 Å². The third kappa shape index (κ3) is 4.72. The smallest absolute Gasteiger partial charge is 0.287 e. The number of aromatic nitrogens is 1. The van der Waals surface area contributed by atoms with Crippen LogP contribution in [0, 0.1) is 5.82 Å². The number of anilines is 2. The summed E-state index contributed by atoms with van der Waals surface area (Å²) in [6.45, 7) is 1.88. The van der Waals surface area contributed by atoms with Crippen LogP contribution in [0.2, 0.25) is 0 Å². The van der Waals surface area contributed by atoms with Crippen LogP contribution in [0.25, 0.3) is 0 Å². The normalized spacial score (nSPS) is 16.9. The minimum absolute atomic E-state index is 0.00777. The average Bonchev–Trinajstić information content (AvgIpc) is 2.69. The van der Waals surface area contributed by atoms with Gasteiger partial charge in [0.25, 0.3) is 6.43 Å². The number of fused-ring (bicyclic) bond motifs is 1. The molecule has 1 aliphatic heterocycles. The van der Waals surface area contributed by atoms with Crippen LogP contribution in [0.1, 0.15) is 18.1 Å². The topological polar surface area (TPSA) is 54.5 Å². The molecule has 1 amide bonds. The molecule has 156 valence electrons.